The first kappa shape index (κ1) is 18.9. The van der Waals surface area contributed by atoms with Gasteiger partial charge in [-0.1, -0.05) is 0 Å². The van der Waals surface area contributed by atoms with Gasteiger partial charge in [-0.15, -0.1) is 0 Å². The third-order valence-corrected chi connectivity index (χ3v) is 5.73. The zero-order valence-electron chi connectivity index (χ0n) is 15.6. The second-order valence-corrected chi connectivity index (χ2v) is 8.06. The summed E-state index contributed by atoms with van der Waals surface area (Å²) in [6, 6.07) is 5.86. The molecule has 0 aliphatic carbocycles. The second kappa shape index (κ2) is 7.56. The SMILES string of the molecule is C[C@@H]1CN(C(=O)C(=O)Nc2c3c(nn2-c2ccc(F)cc2)CSC3)C[C@@H](C)O1. The maximum Gasteiger partial charge on any atom is 0.315 e. The fraction of sp³-hybridized carbons (Fsp3) is 0.421. The fourth-order valence-corrected chi connectivity index (χ4v) is 4.59. The summed E-state index contributed by atoms with van der Waals surface area (Å²) in [6.07, 6.45) is -0.239. The van der Waals surface area contributed by atoms with E-state index >= 15 is 0 Å². The van der Waals surface area contributed by atoms with E-state index in [0.717, 1.165) is 17.0 Å². The number of halogens is 1. The Morgan fingerprint density at radius 1 is 1.18 bits per heavy atom. The molecule has 1 fully saturated rings. The van der Waals surface area contributed by atoms with Gasteiger partial charge in [0.05, 0.1) is 23.6 Å². The highest BCUT2D eigenvalue weighted by Crippen LogP contribution is 2.36. The van der Waals surface area contributed by atoms with Crippen LogP contribution in [-0.4, -0.2) is 51.8 Å². The molecule has 2 atom stereocenters. The molecule has 28 heavy (non-hydrogen) atoms. The molecule has 2 aromatic rings. The highest BCUT2D eigenvalue weighted by Gasteiger charge is 2.32. The Hall–Kier alpha value is -2.39. The first-order valence-corrected chi connectivity index (χ1v) is 10.3. The lowest BCUT2D eigenvalue weighted by Crippen LogP contribution is -2.51. The van der Waals surface area contributed by atoms with E-state index in [9.17, 15) is 14.0 Å². The molecule has 1 N–H and O–H groups in total. The molecule has 0 saturated carbocycles. The minimum Gasteiger partial charge on any atom is -0.372 e. The summed E-state index contributed by atoms with van der Waals surface area (Å²) in [7, 11) is 0. The van der Waals surface area contributed by atoms with Crippen molar-refractivity contribution in [2.75, 3.05) is 18.4 Å². The van der Waals surface area contributed by atoms with Crippen LogP contribution in [0.1, 0.15) is 25.1 Å². The minimum absolute atomic E-state index is 0.120. The normalized spacial score (nSPS) is 21.5. The maximum absolute atomic E-state index is 13.3. The number of thioether (sulfide) groups is 1. The first-order chi connectivity index (χ1) is 13.4. The van der Waals surface area contributed by atoms with Crippen LogP contribution in [-0.2, 0) is 25.8 Å². The minimum atomic E-state index is -0.704. The summed E-state index contributed by atoms with van der Waals surface area (Å²) in [5, 5.41) is 7.31. The predicted molar refractivity (Wildman–Crippen MR) is 104 cm³/mol. The molecule has 0 unspecified atom stereocenters. The smallest absolute Gasteiger partial charge is 0.315 e. The van der Waals surface area contributed by atoms with E-state index < -0.39 is 11.8 Å². The number of ether oxygens (including phenoxy) is 1. The molecule has 1 aromatic carbocycles. The lowest BCUT2D eigenvalue weighted by atomic mass is 10.2. The average molecular weight is 404 g/mol. The van der Waals surface area contributed by atoms with E-state index in [4.69, 9.17) is 4.74 Å². The van der Waals surface area contributed by atoms with Gasteiger partial charge in [0.2, 0.25) is 0 Å². The summed E-state index contributed by atoms with van der Waals surface area (Å²) in [4.78, 5) is 26.9. The lowest BCUT2D eigenvalue weighted by Gasteiger charge is -2.34. The number of morpholine rings is 1. The molecule has 4 rings (SSSR count). The summed E-state index contributed by atoms with van der Waals surface area (Å²) < 4.78 is 20.5. The van der Waals surface area contributed by atoms with Gasteiger partial charge >= 0.3 is 11.8 Å². The van der Waals surface area contributed by atoms with Crippen molar-refractivity contribution < 1.29 is 18.7 Å². The molecule has 3 heterocycles. The topological polar surface area (TPSA) is 76.5 Å². The van der Waals surface area contributed by atoms with Crippen LogP contribution in [0.5, 0.6) is 0 Å². The van der Waals surface area contributed by atoms with Gasteiger partial charge in [0.1, 0.15) is 11.6 Å². The van der Waals surface area contributed by atoms with Crippen molar-refractivity contribution in [1.29, 1.82) is 0 Å². The van der Waals surface area contributed by atoms with E-state index in [1.165, 1.54) is 17.0 Å². The Kier molecular flexibility index (Phi) is 5.11. The molecular formula is C19H21FN4O3S. The van der Waals surface area contributed by atoms with Crippen molar-refractivity contribution in [2.24, 2.45) is 0 Å². The summed E-state index contributed by atoms with van der Waals surface area (Å²) in [6.45, 7) is 4.51. The van der Waals surface area contributed by atoms with E-state index in [0.29, 0.717) is 30.3 Å². The predicted octanol–water partition coefficient (Wildman–Crippen LogP) is 2.33. The summed E-state index contributed by atoms with van der Waals surface area (Å²) in [5.41, 5.74) is 2.39. The first-order valence-electron chi connectivity index (χ1n) is 9.12. The molecule has 7 nitrogen and oxygen atoms in total. The van der Waals surface area contributed by atoms with Crippen molar-refractivity contribution in [3.63, 3.8) is 0 Å². The van der Waals surface area contributed by atoms with Gasteiger partial charge in [0.15, 0.2) is 0 Å². The van der Waals surface area contributed by atoms with Gasteiger partial charge in [-0.3, -0.25) is 9.59 Å². The monoisotopic (exact) mass is 404 g/mol. The summed E-state index contributed by atoms with van der Waals surface area (Å²) >= 11 is 1.70. The number of rotatable bonds is 2. The van der Waals surface area contributed by atoms with Crippen LogP contribution in [0, 0.1) is 5.82 Å². The van der Waals surface area contributed by atoms with Crippen LogP contribution in [0.3, 0.4) is 0 Å². The number of amides is 2. The number of benzene rings is 1. The Balaban J connectivity index is 1.59. The van der Waals surface area contributed by atoms with Crippen molar-refractivity contribution in [2.45, 2.75) is 37.6 Å². The number of nitrogens with one attached hydrogen (secondary N) is 1. The van der Waals surface area contributed by atoms with Gasteiger partial charge in [-0.25, -0.2) is 9.07 Å². The number of hydrogen-bond acceptors (Lipinski definition) is 5. The third-order valence-electron chi connectivity index (χ3n) is 4.76. The quantitative estimate of drug-likeness (QED) is 0.778. The van der Waals surface area contributed by atoms with Gasteiger partial charge in [-0.2, -0.15) is 16.9 Å². The van der Waals surface area contributed by atoms with Crippen molar-refractivity contribution >= 4 is 29.4 Å². The van der Waals surface area contributed by atoms with Gasteiger partial charge < -0.3 is 15.0 Å². The number of aromatic nitrogens is 2. The van der Waals surface area contributed by atoms with Crippen LogP contribution in [0.15, 0.2) is 24.3 Å². The van der Waals surface area contributed by atoms with E-state index in [2.05, 4.69) is 10.4 Å². The number of carbonyl (C=O) groups excluding carboxylic acids is 2. The standard InChI is InChI=1S/C19H21FN4O3S/c1-11-7-23(8-12(2)27-11)19(26)18(25)21-17-15-9-28-10-16(15)22-24(17)14-5-3-13(20)4-6-14/h3-6,11-12H,7-10H2,1-2H3,(H,21,25)/t11-,12-/m1/s1. The molecule has 1 aromatic heterocycles. The second-order valence-electron chi connectivity index (χ2n) is 7.08. The van der Waals surface area contributed by atoms with E-state index in [1.54, 1.807) is 28.6 Å². The third kappa shape index (κ3) is 3.64. The summed E-state index contributed by atoms with van der Waals surface area (Å²) in [5.74, 6) is 0.261. The van der Waals surface area contributed by atoms with E-state index in [-0.39, 0.29) is 18.0 Å². The lowest BCUT2D eigenvalue weighted by molar-refractivity contribution is -0.151. The number of fused-ring (bicyclic) bond motifs is 1. The molecule has 9 heteroatoms. The largest absolute Gasteiger partial charge is 0.372 e. The molecule has 0 spiro atoms. The zero-order chi connectivity index (χ0) is 19.8. The Morgan fingerprint density at radius 3 is 2.54 bits per heavy atom. The molecule has 1 saturated heterocycles. The Morgan fingerprint density at radius 2 is 1.86 bits per heavy atom. The van der Waals surface area contributed by atoms with Crippen molar-refractivity contribution in [3.8, 4) is 5.69 Å². The highest BCUT2D eigenvalue weighted by molar-refractivity contribution is 7.98. The maximum atomic E-state index is 13.3. The number of hydrogen-bond donors (Lipinski definition) is 1. The van der Waals surface area contributed by atoms with Gasteiger partial charge in [0, 0.05) is 30.2 Å². The molecular weight excluding hydrogens is 383 g/mol. The molecule has 0 bridgehead atoms. The van der Waals surface area contributed by atoms with E-state index in [1.807, 2.05) is 13.8 Å². The van der Waals surface area contributed by atoms with Gasteiger partial charge in [0.25, 0.3) is 0 Å². The molecule has 0 radical (unpaired) electrons. The molecule has 2 amide bonds. The van der Waals surface area contributed by atoms with Crippen LogP contribution >= 0.6 is 11.8 Å². The Bertz CT molecular complexity index is 905. The molecule has 148 valence electrons. The number of nitrogens with zero attached hydrogens (tertiary/aromatic N) is 3. The highest BCUT2D eigenvalue weighted by atomic mass is 32.2. The fourth-order valence-electron chi connectivity index (χ4n) is 3.56. The Labute approximate surface area is 166 Å². The van der Waals surface area contributed by atoms with Crippen LogP contribution in [0.4, 0.5) is 10.2 Å². The van der Waals surface area contributed by atoms with Crippen molar-refractivity contribution in [3.05, 3.63) is 41.3 Å². The van der Waals surface area contributed by atoms with Crippen LogP contribution < -0.4 is 5.32 Å². The van der Waals surface area contributed by atoms with Gasteiger partial charge in [-0.05, 0) is 38.1 Å². The number of carbonyl (C=O) groups is 2. The average Bonchev–Trinajstić information content (AvgIpc) is 3.23. The molecule has 2 aliphatic rings. The molecule has 2 aliphatic heterocycles. The van der Waals surface area contributed by atoms with Crippen LogP contribution in [0.2, 0.25) is 0 Å². The zero-order valence-corrected chi connectivity index (χ0v) is 16.5. The van der Waals surface area contributed by atoms with Crippen molar-refractivity contribution in [1.82, 2.24) is 14.7 Å². The number of anilines is 1. The van der Waals surface area contributed by atoms with Crippen LogP contribution in [0.25, 0.3) is 5.69 Å².